The molecule has 0 amide bonds. The van der Waals surface area contributed by atoms with Gasteiger partial charge in [-0.2, -0.15) is 0 Å². The van der Waals surface area contributed by atoms with E-state index in [1.54, 1.807) is 0 Å². The third-order valence-corrected chi connectivity index (χ3v) is 11.1. The van der Waals surface area contributed by atoms with Crippen LogP contribution >= 0.6 is 11.3 Å². The van der Waals surface area contributed by atoms with Crippen LogP contribution in [0.5, 0.6) is 0 Å². The third-order valence-electron chi connectivity index (χ3n) is 9.99. The Kier molecular flexibility index (Phi) is 5.80. The maximum absolute atomic E-state index is 5.06. The molecule has 11 aromatic rings. The molecule has 4 heterocycles. The van der Waals surface area contributed by atoms with Gasteiger partial charge < -0.3 is 4.40 Å². The second kappa shape index (κ2) is 10.5. The fourth-order valence-corrected chi connectivity index (χ4v) is 8.98. The molecule has 0 saturated heterocycles. The topological polar surface area (TPSA) is 43.1 Å². The van der Waals surface area contributed by atoms with E-state index in [1.807, 2.05) is 72.0 Å². The van der Waals surface area contributed by atoms with Crippen LogP contribution in [0.25, 0.3) is 103 Å². The smallest absolute Gasteiger partial charge is 0.164 e. The lowest BCUT2D eigenvalue weighted by molar-refractivity contribution is 1.07. The number of thiophene rings is 1. The predicted molar refractivity (Wildman–Crippen MR) is 210 cm³/mol. The SMILES string of the molecule is c1ccc(-c2nc(-c3ccccc3)nc(-c3ccc4c(c3)c3cccc5c6ccccc6c6cccc7sc8cccc(c8c76)n4c53)n2)cc1. The Morgan fingerprint density at radius 2 is 0.880 bits per heavy atom. The van der Waals surface area contributed by atoms with E-state index in [4.69, 9.17) is 15.0 Å². The first-order chi connectivity index (χ1) is 24.8. The Hall–Kier alpha value is -6.43. The van der Waals surface area contributed by atoms with E-state index in [0.29, 0.717) is 17.5 Å². The van der Waals surface area contributed by atoms with E-state index in [2.05, 4.69) is 101 Å². The molecule has 0 bridgehead atoms. The van der Waals surface area contributed by atoms with Gasteiger partial charge in [-0.05, 0) is 52.6 Å². The van der Waals surface area contributed by atoms with Gasteiger partial charge in [0.25, 0.3) is 0 Å². The van der Waals surface area contributed by atoms with Crippen molar-refractivity contribution in [2.45, 2.75) is 0 Å². The number of hydrogen-bond acceptors (Lipinski definition) is 4. The lowest BCUT2D eigenvalue weighted by atomic mass is 10.0. The van der Waals surface area contributed by atoms with E-state index in [9.17, 15) is 0 Å². The summed E-state index contributed by atoms with van der Waals surface area (Å²) in [6, 6.07) is 56.1. The molecular weight excluding hydrogens is 629 g/mol. The van der Waals surface area contributed by atoms with E-state index >= 15 is 0 Å². The first-order valence-corrected chi connectivity index (χ1v) is 17.6. The van der Waals surface area contributed by atoms with E-state index < -0.39 is 0 Å². The van der Waals surface area contributed by atoms with Crippen LogP contribution in [0.3, 0.4) is 0 Å². The molecule has 0 aliphatic rings. The number of rotatable bonds is 3. The van der Waals surface area contributed by atoms with E-state index in [-0.39, 0.29) is 0 Å². The molecule has 7 aromatic carbocycles. The lowest BCUT2D eigenvalue weighted by Gasteiger charge is -2.09. The second-order valence-electron chi connectivity index (χ2n) is 12.8. The zero-order valence-corrected chi connectivity index (χ0v) is 27.5. The van der Waals surface area contributed by atoms with Crippen LogP contribution in [0.15, 0.2) is 158 Å². The van der Waals surface area contributed by atoms with Crippen LogP contribution in [-0.2, 0) is 0 Å². The molecule has 0 unspecified atom stereocenters. The van der Waals surface area contributed by atoms with Crippen LogP contribution in [-0.4, -0.2) is 19.4 Å². The first-order valence-electron chi connectivity index (χ1n) is 16.8. The lowest BCUT2D eigenvalue weighted by Crippen LogP contribution is -2.00. The van der Waals surface area contributed by atoms with E-state index in [1.165, 1.54) is 58.1 Å². The van der Waals surface area contributed by atoms with E-state index in [0.717, 1.165) is 27.6 Å². The largest absolute Gasteiger partial charge is 0.308 e. The van der Waals surface area contributed by atoms with Gasteiger partial charge in [0.1, 0.15) is 0 Å². The van der Waals surface area contributed by atoms with Gasteiger partial charge in [-0.25, -0.2) is 15.0 Å². The summed E-state index contributed by atoms with van der Waals surface area (Å²) in [6.07, 6.45) is 0. The van der Waals surface area contributed by atoms with Crippen LogP contribution < -0.4 is 0 Å². The van der Waals surface area contributed by atoms with Gasteiger partial charge in [0, 0.05) is 53.0 Å². The van der Waals surface area contributed by atoms with Crippen molar-refractivity contribution in [2.24, 2.45) is 0 Å². The maximum Gasteiger partial charge on any atom is 0.164 e. The number of aromatic nitrogens is 4. The Labute approximate surface area is 290 Å². The summed E-state index contributed by atoms with van der Waals surface area (Å²) >= 11 is 1.87. The molecule has 0 N–H and O–H groups in total. The Bertz CT molecular complexity index is 3080. The normalized spacial score (nSPS) is 12.0. The average molecular weight is 655 g/mol. The van der Waals surface area contributed by atoms with Crippen molar-refractivity contribution in [3.05, 3.63) is 158 Å². The van der Waals surface area contributed by atoms with Gasteiger partial charge in [0.05, 0.1) is 16.6 Å². The van der Waals surface area contributed by atoms with Crippen LogP contribution in [0, 0.1) is 0 Å². The molecule has 5 heteroatoms. The molecular formula is C45H26N4S. The molecule has 0 fully saturated rings. The summed E-state index contributed by atoms with van der Waals surface area (Å²) < 4.78 is 5.09. The first kappa shape index (κ1) is 27.5. The monoisotopic (exact) mass is 654 g/mol. The third kappa shape index (κ3) is 3.95. The summed E-state index contributed by atoms with van der Waals surface area (Å²) in [5.41, 5.74) is 6.43. The van der Waals surface area contributed by atoms with Crippen LogP contribution in [0.4, 0.5) is 0 Å². The highest BCUT2D eigenvalue weighted by Gasteiger charge is 2.19. The molecule has 232 valence electrons. The molecule has 4 aromatic heterocycles. The van der Waals surface area contributed by atoms with Crippen molar-refractivity contribution >= 4 is 80.4 Å². The fraction of sp³-hybridized carbons (Fsp3) is 0. The van der Waals surface area contributed by atoms with Gasteiger partial charge in [-0.3, -0.25) is 0 Å². The van der Waals surface area contributed by atoms with Crippen molar-refractivity contribution in [1.29, 1.82) is 0 Å². The highest BCUT2D eigenvalue weighted by molar-refractivity contribution is 7.26. The Morgan fingerprint density at radius 1 is 0.360 bits per heavy atom. The molecule has 0 radical (unpaired) electrons. The zero-order valence-electron chi connectivity index (χ0n) is 26.7. The Balaban J connectivity index is 1.29. The van der Waals surface area contributed by atoms with Gasteiger partial charge in [0.2, 0.25) is 0 Å². The molecule has 0 spiro atoms. The number of benzene rings is 7. The van der Waals surface area contributed by atoms with Crippen molar-refractivity contribution in [2.75, 3.05) is 0 Å². The van der Waals surface area contributed by atoms with Crippen LogP contribution in [0.2, 0.25) is 0 Å². The van der Waals surface area contributed by atoms with Crippen molar-refractivity contribution < 1.29 is 0 Å². The molecule has 4 nitrogen and oxygen atoms in total. The molecule has 0 saturated carbocycles. The zero-order chi connectivity index (χ0) is 32.8. The summed E-state index contributed by atoms with van der Waals surface area (Å²) in [5.74, 6) is 1.97. The Morgan fingerprint density at radius 3 is 1.58 bits per heavy atom. The minimum atomic E-state index is 0.652. The quantitative estimate of drug-likeness (QED) is 0.190. The summed E-state index contributed by atoms with van der Waals surface area (Å²) in [7, 11) is 0. The van der Waals surface area contributed by atoms with Crippen molar-refractivity contribution in [3.63, 3.8) is 0 Å². The predicted octanol–water partition coefficient (Wildman–Crippen LogP) is 12.1. The minimum absolute atomic E-state index is 0.652. The highest BCUT2D eigenvalue weighted by atomic mass is 32.1. The summed E-state index contributed by atoms with van der Waals surface area (Å²) in [6.45, 7) is 0. The maximum atomic E-state index is 5.06. The number of nitrogens with zero attached hydrogens (tertiary/aromatic N) is 4. The van der Waals surface area contributed by atoms with Gasteiger partial charge >= 0.3 is 0 Å². The molecule has 11 rings (SSSR count). The highest BCUT2D eigenvalue weighted by Crippen LogP contribution is 2.44. The molecule has 0 aliphatic heterocycles. The molecule has 50 heavy (non-hydrogen) atoms. The van der Waals surface area contributed by atoms with Gasteiger partial charge in [-0.1, -0.05) is 121 Å². The molecule has 0 aliphatic carbocycles. The second-order valence-corrected chi connectivity index (χ2v) is 13.9. The van der Waals surface area contributed by atoms with Crippen LogP contribution in [0.1, 0.15) is 0 Å². The van der Waals surface area contributed by atoms with Crippen molar-refractivity contribution in [3.8, 4) is 34.2 Å². The standard InChI is InChI=1S/C45H26N4S/c1-3-12-27(13-4-1)43-46-44(28-14-5-2-6-15-28)48-45(47-43)29-24-25-36-35(26-29)34-20-9-19-33-31-17-8-7-16-30(31)32-18-10-22-38-40(32)41-37(49(36)42(33)34)21-11-23-39(41)50-38/h1-26H. The van der Waals surface area contributed by atoms with Crippen molar-refractivity contribution in [1.82, 2.24) is 19.4 Å². The number of fused-ring (bicyclic) bond motifs is 7. The minimum Gasteiger partial charge on any atom is -0.308 e. The number of para-hydroxylation sites is 1. The van der Waals surface area contributed by atoms with Gasteiger partial charge in [-0.15, -0.1) is 11.3 Å². The summed E-state index contributed by atoms with van der Waals surface area (Å²) in [5, 5.41) is 9.98. The molecule has 0 atom stereocenters. The van der Waals surface area contributed by atoms with Gasteiger partial charge in [0.15, 0.2) is 17.5 Å². The summed E-state index contributed by atoms with van der Waals surface area (Å²) in [4.78, 5) is 15.1. The number of hydrogen-bond donors (Lipinski definition) is 0. The fourth-order valence-electron chi connectivity index (χ4n) is 7.83. The average Bonchev–Trinajstić information content (AvgIpc) is 3.75.